The van der Waals surface area contributed by atoms with Gasteiger partial charge in [-0.05, 0) is 38.5 Å². The lowest BCUT2D eigenvalue weighted by Crippen LogP contribution is -2.24. The van der Waals surface area contributed by atoms with E-state index in [4.69, 9.17) is 0 Å². The molecule has 0 radical (unpaired) electrons. The van der Waals surface area contributed by atoms with E-state index in [0.717, 1.165) is 0 Å². The van der Waals surface area contributed by atoms with Crippen molar-refractivity contribution in [2.75, 3.05) is 5.32 Å². The van der Waals surface area contributed by atoms with Gasteiger partial charge in [-0.2, -0.15) is 18.9 Å². The molecule has 3 aromatic rings. The summed E-state index contributed by atoms with van der Waals surface area (Å²) in [6.45, 7) is 3.28. The first kappa shape index (κ1) is 17.8. The number of nitrogens with zero attached hydrogens (tertiary/aromatic N) is 3. The summed E-state index contributed by atoms with van der Waals surface area (Å²) in [6, 6.07) is 6.31. The average molecular weight is 363 g/mol. The van der Waals surface area contributed by atoms with Crippen molar-refractivity contribution in [1.82, 2.24) is 19.7 Å². The minimum atomic E-state index is -2.88. The van der Waals surface area contributed by atoms with Crippen molar-refractivity contribution in [1.29, 1.82) is 0 Å². The lowest BCUT2D eigenvalue weighted by molar-refractivity contribution is -0.0498. The number of H-pyrrole nitrogens is 1. The van der Waals surface area contributed by atoms with Gasteiger partial charge in [0.05, 0.1) is 11.7 Å². The number of anilines is 1. The zero-order valence-corrected chi connectivity index (χ0v) is 14.6. The molecular weight excluding hydrogens is 344 g/mol. The first-order chi connectivity index (χ1) is 12.2. The molecule has 0 fully saturated rings. The number of hydrogen-bond donors (Lipinski definition) is 2. The summed E-state index contributed by atoms with van der Waals surface area (Å²) in [6.07, 6.45) is 1.49. The van der Waals surface area contributed by atoms with E-state index in [9.17, 15) is 13.6 Å². The van der Waals surface area contributed by atoms with Gasteiger partial charge in [0.2, 0.25) is 5.95 Å². The maximum atomic E-state index is 12.3. The number of alkyl halides is 2. The Balaban J connectivity index is 1.84. The molecule has 2 heterocycles. The molecule has 2 N–H and O–H groups in total. The Morgan fingerprint density at radius 2 is 2.12 bits per heavy atom. The summed E-state index contributed by atoms with van der Waals surface area (Å²) in [5, 5.41) is 7.64. The van der Waals surface area contributed by atoms with Crippen LogP contribution in [0.5, 0.6) is 5.75 Å². The third kappa shape index (κ3) is 3.81. The van der Waals surface area contributed by atoms with Gasteiger partial charge in [0.25, 0.3) is 5.56 Å². The molecule has 0 aliphatic carbocycles. The highest BCUT2D eigenvalue weighted by atomic mass is 19.3. The molecule has 0 bridgehead atoms. The quantitative estimate of drug-likeness (QED) is 0.728. The Morgan fingerprint density at radius 3 is 2.81 bits per heavy atom. The minimum Gasteiger partial charge on any atom is -0.435 e. The second-order valence-corrected chi connectivity index (χ2v) is 6.76. The summed E-state index contributed by atoms with van der Waals surface area (Å²) in [5.74, 6) is 0.343. The predicted molar refractivity (Wildman–Crippen MR) is 93.5 cm³/mol. The van der Waals surface area contributed by atoms with E-state index in [1.165, 1.54) is 18.3 Å². The number of aromatic nitrogens is 4. The Hall–Kier alpha value is -2.97. The number of ether oxygens (including phenoxy) is 1. The Bertz CT molecular complexity index is 975. The van der Waals surface area contributed by atoms with Gasteiger partial charge in [0, 0.05) is 6.54 Å². The molecule has 0 amide bonds. The van der Waals surface area contributed by atoms with Crippen molar-refractivity contribution in [2.24, 2.45) is 0 Å². The van der Waals surface area contributed by atoms with Gasteiger partial charge in [-0.3, -0.25) is 9.78 Å². The molecule has 0 atom stereocenters. The number of aromatic amines is 1. The second-order valence-electron chi connectivity index (χ2n) is 6.76. The highest BCUT2D eigenvalue weighted by Gasteiger charge is 2.19. The highest BCUT2D eigenvalue weighted by molar-refractivity contribution is 5.74. The number of nitrogens with one attached hydrogen (secondary N) is 2. The maximum absolute atomic E-state index is 12.3. The van der Waals surface area contributed by atoms with Gasteiger partial charge in [-0.15, -0.1) is 0 Å². The monoisotopic (exact) mass is 363 g/mol. The SMILES string of the molecule is CC(C)(C)n1ncc2c(=O)[nH]c(NCc3cccc(OC(F)F)c3)nc21. The lowest BCUT2D eigenvalue weighted by Gasteiger charge is -2.19. The van der Waals surface area contributed by atoms with Crippen LogP contribution in [0, 0.1) is 0 Å². The largest absolute Gasteiger partial charge is 0.435 e. The van der Waals surface area contributed by atoms with Crippen molar-refractivity contribution in [3.63, 3.8) is 0 Å². The van der Waals surface area contributed by atoms with Gasteiger partial charge in [0.15, 0.2) is 5.65 Å². The van der Waals surface area contributed by atoms with E-state index in [1.807, 2.05) is 20.8 Å². The first-order valence-electron chi connectivity index (χ1n) is 8.00. The van der Waals surface area contributed by atoms with Crippen LogP contribution in [0.3, 0.4) is 0 Å². The van der Waals surface area contributed by atoms with Gasteiger partial charge >= 0.3 is 6.61 Å². The normalized spacial score (nSPS) is 11.9. The van der Waals surface area contributed by atoms with Crippen LogP contribution < -0.4 is 15.6 Å². The molecule has 3 rings (SSSR count). The summed E-state index contributed by atoms with van der Waals surface area (Å²) < 4.78 is 30.7. The van der Waals surface area contributed by atoms with Crippen molar-refractivity contribution in [3.05, 3.63) is 46.4 Å². The molecule has 0 aliphatic heterocycles. The fourth-order valence-corrected chi connectivity index (χ4v) is 2.51. The van der Waals surface area contributed by atoms with Gasteiger partial charge in [0.1, 0.15) is 11.1 Å². The standard InChI is InChI=1S/C17H19F2N5O2/c1-17(2,3)24-13-12(9-21-24)14(25)23-16(22-13)20-8-10-5-4-6-11(7-10)26-15(18)19/h4-7,9,15H,8H2,1-3H3,(H2,20,22,23,25). The summed E-state index contributed by atoms with van der Waals surface area (Å²) in [5.41, 5.74) is 0.539. The summed E-state index contributed by atoms with van der Waals surface area (Å²) in [7, 11) is 0. The van der Waals surface area contributed by atoms with Gasteiger partial charge in [-0.25, -0.2) is 4.68 Å². The Morgan fingerprint density at radius 1 is 1.35 bits per heavy atom. The van der Waals surface area contributed by atoms with Crippen LogP contribution in [0.1, 0.15) is 26.3 Å². The van der Waals surface area contributed by atoms with E-state index < -0.39 is 6.61 Å². The van der Waals surface area contributed by atoms with Crippen LogP contribution in [0.15, 0.2) is 35.3 Å². The van der Waals surface area contributed by atoms with Crippen molar-refractivity contribution < 1.29 is 13.5 Å². The van der Waals surface area contributed by atoms with Crippen LogP contribution >= 0.6 is 0 Å². The second kappa shape index (κ2) is 6.74. The van der Waals surface area contributed by atoms with Crippen LogP contribution in [0.2, 0.25) is 0 Å². The number of hydrogen-bond acceptors (Lipinski definition) is 5. The Labute approximate surface area is 148 Å². The molecule has 0 saturated carbocycles. The molecule has 7 nitrogen and oxygen atoms in total. The van der Waals surface area contributed by atoms with E-state index in [0.29, 0.717) is 16.6 Å². The fourth-order valence-electron chi connectivity index (χ4n) is 2.51. The minimum absolute atomic E-state index is 0.0713. The van der Waals surface area contributed by atoms with Crippen molar-refractivity contribution in [2.45, 2.75) is 39.5 Å². The van der Waals surface area contributed by atoms with E-state index in [2.05, 4.69) is 25.1 Å². The molecule has 1 aromatic carbocycles. The fraction of sp³-hybridized carbons (Fsp3) is 0.353. The number of benzene rings is 1. The maximum Gasteiger partial charge on any atom is 0.387 e. The molecule has 138 valence electrons. The summed E-state index contributed by atoms with van der Waals surface area (Å²) >= 11 is 0. The van der Waals surface area contributed by atoms with Crippen LogP contribution in [-0.4, -0.2) is 26.4 Å². The van der Waals surface area contributed by atoms with E-state index in [-0.39, 0.29) is 29.3 Å². The van der Waals surface area contributed by atoms with E-state index in [1.54, 1.807) is 16.8 Å². The third-order valence-electron chi connectivity index (χ3n) is 3.66. The molecule has 9 heteroatoms. The molecule has 0 saturated heterocycles. The highest BCUT2D eigenvalue weighted by Crippen LogP contribution is 2.19. The van der Waals surface area contributed by atoms with Crippen molar-refractivity contribution in [3.8, 4) is 5.75 Å². The Kier molecular flexibility index (Phi) is 4.62. The first-order valence-corrected chi connectivity index (χ1v) is 8.00. The zero-order valence-electron chi connectivity index (χ0n) is 14.6. The van der Waals surface area contributed by atoms with Gasteiger partial charge < -0.3 is 10.1 Å². The molecule has 0 unspecified atom stereocenters. The number of halogens is 2. The molecule has 0 spiro atoms. The molecule has 26 heavy (non-hydrogen) atoms. The van der Waals surface area contributed by atoms with E-state index >= 15 is 0 Å². The predicted octanol–water partition coefficient (Wildman–Crippen LogP) is 3.09. The topological polar surface area (TPSA) is 84.8 Å². The van der Waals surface area contributed by atoms with Crippen LogP contribution in [0.4, 0.5) is 14.7 Å². The number of fused-ring (bicyclic) bond motifs is 1. The third-order valence-corrected chi connectivity index (χ3v) is 3.66. The molecular formula is C17H19F2N5O2. The summed E-state index contributed by atoms with van der Waals surface area (Å²) in [4.78, 5) is 19.3. The number of rotatable bonds is 5. The van der Waals surface area contributed by atoms with Crippen molar-refractivity contribution >= 4 is 17.0 Å². The average Bonchev–Trinajstić information content (AvgIpc) is 2.97. The zero-order chi connectivity index (χ0) is 18.9. The lowest BCUT2D eigenvalue weighted by atomic mass is 10.1. The van der Waals surface area contributed by atoms with Crippen LogP contribution in [-0.2, 0) is 12.1 Å². The molecule has 2 aromatic heterocycles. The molecule has 0 aliphatic rings. The van der Waals surface area contributed by atoms with Crippen LogP contribution in [0.25, 0.3) is 11.0 Å². The smallest absolute Gasteiger partial charge is 0.387 e. The van der Waals surface area contributed by atoms with Gasteiger partial charge in [-0.1, -0.05) is 12.1 Å².